The highest BCUT2D eigenvalue weighted by Gasteiger charge is 2.35. The van der Waals surface area contributed by atoms with Gasteiger partial charge in [0.25, 0.3) is 5.91 Å². The highest BCUT2D eigenvalue weighted by atomic mass is 32.1. The molecule has 1 aliphatic carbocycles. The van der Waals surface area contributed by atoms with Crippen LogP contribution in [-0.4, -0.2) is 25.0 Å². The van der Waals surface area contributed by atoms with Crippen LogP contribution in [0, 0.1) is 0 Å². The van der Waals surface area contributed by atoms with E-state index in [9.17, 15) is 4.79 Å². The van der Waals surface area contributed by atoms with Gasteiger partial charge >= 0.3 is 0 Å². The third kappa shape index (κ3) is 1.91. The Morgan fingerprint density at radius 2 is 1.85 bits per heavy atom. The van der Waals surface area contributed by atoms with E-state index in [1.807, 2.05) is 28.5 Å². The molecular formula is C16H16N2OS. The van der Waals surface area contributed by atoms with E-state index in [1.54, 1.807) is 0 Å². The van der Waals surface area contributed by atoms with Gasteiger partial charge < -0.3 is 9.80 Å². The SMILES string of the molecule is O=C(c1cccs1)N1CCN(C2CC2)c2ccccc21. The van der Waals surface area contributed by atoms with Crippen LogP contribution >= 0.6 is 11.3 Å². The van der Waals surface area contributed by atoms with E-state index in [0.29, 0.717) is 6.04 Å². The van der Waals surface area contributed by atoms with Crippen LogP contribution in [0.25, 0.3) is 0 Å². The lowest BCUT2D eigenvalue weighted by atomic mass is 10.1. The van der Waals surface area contributed by atoms with E-state index in [2.05, 4.69) is 23.1 Å². The van der Waals surface area contributed by atoms with E-state index in [4.69, 9.17) is 0 Å². The molecule has 0 spiro atoms. The smallest absolute Gasteiger partial charge is 0.268 e. The molecule has 2 aromatic rings. The summed E-state index contributed by atoms with van der Waals surface area (Å²) >= 11 is 1.51. The molecule has 0 N–H and O–H groups in total. The first-order valence-corrected chi connectivity index (χ1v) is 7.93. The third-order valence-corrected chi connectivity index (χ3v) is 4.87. The zero-order valence-electron chi connectivity index (χ0n) is 11.2. The zero-order valence-corrected chi connectivity index (χ0v) is 12.0. The van der Waals surface area contributed by atoms with Gasteiger partial charge in [-0.2, -0.15) is 0 Å². The number of carbonyl (C=O) groups excluding carboxylic acids is 1. The van der Waals surface area contributed by atoms with Crippen molar-refractivity contribution in [2.24, 2.45) is 0 Å². The van der Waals surface area contributed by atoms with Crippen LogP contribution in [0.4, 0.5) is 11.4 Å². The van der Waals surface area contributed by atoms with Crippen molar-refractivity contribution in [2.45, 2.75) is 18.9 Å². The molecule has 1 aromatic heterocycles. The van der Waals surface area contributed by atoms with Crippen LogP contribution in [-0.2, 0) is 0 Å². The lowest BCUT2D eigenvalue weighted by molar-refractivity contribution is 0.0990. The van der Waals surface area contributed by atoms with Gasteiger partial charge in [-0.25, -0.2) is 0 Å². The maximum atomic E-state index is 12.6. The average Bonchev–Trinajstić information content (AvgIpc) is 3.19. The van der Waals surface area contributed by atoms with Crippen LogP contribution < -0.4 is 9.80 Å². The maximum Gasteiger partial charge on any atom is 0.268 e. The predicted octanol–water partition coefficient (Wildman–Crippen LogP) is 3.38. The summed E-state index contributed by atoms with van der Waals surface area (Å²) in [7, 11) is 0. The fourth-order valence-corrected chi connectivity index (χ4v) is 3.57. The summed E-state index contributed by atoms with van der Waals surface area (Å²) in [4.78, 5) is 17.8. The van der Waals surface area contributed by atoms with Crippen molar-refractivity contribution in [3.05, 3.63) is 46.7 Å². The summed E-state index contributed by atoms with van der Waals surface area (Å²) in [5.74, 6) is 0.128. The van der Waals surface area contributed by atoms with Crippen molar-refractivity contribution in [3.8, 4) is 0 Å². The standard InChI is InChI=1S/C16H16N2OS/c19-16(15-6-3-11-20-15)18-10-9-17(12-7-8-12)13-4-1-2-5-14(13)18/h1-6,11-12H,7-10H2. The molecule has 2 heterocycles. The third-order valence-electron chi connectivity index (χ3n) is 4.01. The molecule has 4 heteroatoms. The van der Waals surface area contributed by atoms with E-state index < -0.39 is 0 Å². The monoisotopic (exact) mass is 284 g/mol. The Balaban J connectivity index is 1.72. The first-order valence-electron chi connectivity index (χ1n) is 7.05. The lowest BCUT2D eigenvalue weighted by Gasteiger charge is -2.37. The van der Waals surface area contributed by atoms with Gasteiger partial charge in [0.15, 0.2) is 0 Å². The molecule has 102 valence electrons. The Bertz CT molecular complexity index is 634. The molecule has 0 radical (unpaired) electrons. The quantitative estimate of drug-likeness (QED) is 0.844. The highest BCUT2D eigenvalue weighted by molar-refractivity contribution is 7.12. The number of carbonyl (C=O) groups is 1. The van der Waals surface area contributed by atoms with Crippen molar-refractivity contribution in [2.75, 3.05) is 22.9 Å². The van der Waals surface area contributed by atoms with E-state index in [1.165, 1.54) is 29.9 Å². The number of thiophene rings is 1. The zero-order chi connectivity index (χ0) is 13.5. The maximum absolute atomic E-state index is 12.6. The Morgan fingerprint density at radius 1 is 1.05 bits per heavy atom. The van der Waals surface area contributed by atoms with Gasteiger partial charge in [0.2, 0.25) is 0 Å². The first kappa shape index (κ1) is 12.0. The number of rotatable bonds is 2. The number of nitrogens with zero attached hydrogens (tertiary/aromatic N) is 2. The van der Waals surface area contributed by atoms with Crippen LogP contribution in [0.3, 0.4) is 0 Å². The lowest BCUT2D eigenvalue weighted by Crippen LogP contribution is -2.44. The van der Waals surface area contributed by atoms with Crippen molar-refractivity contribution >= 4 is 28.6 Å². The molecule has 0 bridgehead atoms. The second-order valence-electron chi connectivity index (χ2n) is 5.35. The van der Waals surface area contributed by atoms with E-state index in [0.717, 1.165) is 23.7 Å². The molecule has 3 nitrogen and oxygen atoms in total. The predicted molar refractivity (Wildman–Crippen MR) is 82.8 cm³/mol. The molecule has 1 fully saturated rings. The summed E-state index contributed by atoms with van der Waals surface area (Å²) in [6.07, 6.45) is 2.57. The number of anilines is 2. The summed E-state index contributed by atoms with van der Waals surface area (Å²) in [5, 5.41) is 1.96. The van der Waals surface area contributed by atoms with Crippen molar-refractivity contribution in [1.82, 2.24) is 0 Å². The number of fused-ring (bicyclic) bond motifs is 1. The second kappa shape index (κ2) is 4.63. The van der Waals surface area contributed by atoms with Gasteiger partial charge in [0.05, 0.1) is 16.3 Å². The molecular weight excluding hydrogens is 268 g/mol. The minimum absolute atomic E-state index is 0.128. The molecule has 1 aliphatic heterocycles. The number of para-hydroxylation sites is 2. The molecule has 0 unspecified atom stereocenters. The second-order valence-corrected chi connectivity index (χ2v) is 6.30. The summed E-state index contributed by atoms with van der Waals surface area (Å²) in [5.41, 5.74) is 2.27. The Kier molecular flexibility index (Phi) is 2.77. The molecule has 4 rings (SSSR count). The van der Waals surface area contributed by atoms with Gasteiger partial charge in [-0.3, -0.25) is 4.79 Å². The van der Waals surface area contributed by atoms with Crippen LogP contribution in [0.1, 0.15) is 22.5 Å². The Labute approximate surface area is 122 Å². The van der Waals surface area contributed by atoms with Crippen LogP contribution in [0.15, 0.2) is 41.8 Å². The van der Waals surface area contributed by atoms with Gasteiger partial charge in [0.1, 0.15) is 0 Å². The first-order chi connectivity index (χ1) is 9.84. The Morgan fingerprint density at radius 3 is 2.55 bits per heavy atom. The summed E-state index contributed by atoms with van der Waals surface area (Å²) in [6, 6.07) is 12.8. The number of amides is 1. The molecule has 2 aliphatic rings. The number of benzene rings is 1. The van der Waals surface area contributed by atoms with Crippen LogP contribution in [0.2, 0.25) is 0 Å². The summed E-state index contributed by atoms with van der Waals surface area (Å²) < 4.78 is 0. The molecule has 1 aromatic carbocycles. The molecule has 1 saturated carbocycles. The topological polar surface area (TPSA) is 23.6 Å². The van der Waals surface area contributed by atoms with E-state index >= 15 is 0 Å². The molecule has 20 heavy (non-hydrogen) atoms. The van der Waals surface area contributed by atoms with Crippen molar-refractivity contribution in [3.63, 3.8) is 0 Å². The minimum Gasteiger partial charge on any atom is -0.365 e. The fourth-order valence-electron chi connectivity index (χ4n) is 2.89. The van der Waals surface area contributed by atoms with Crippen LogP contribution in [0.5, 0.6) is 0 Å². The van der Waals surface area contributed by atoms with Crippen molar-refractivity contribution in [1.29, 1.82) is 0 Å². The fraction of sp³-hybridized carbons (Fsp3) is 0.312. The molecule has 1 amide bonds. The summed E-state index contributed by atoms with van der Waals surface area (Å²) in [6.45, 7) is 1.73. The molecule has 0 saturated heterocycles. The van der Waals surface area contributed by atoms with Crippen molar-refractivity contribution < 1.29 is 4.79 Å². The highest BCUT2D eigenvalue weighted by Crippen LogP contribution is 2.40. The largest absolute Gasteiger partial charge is 0.365 e. The van der Waals surface area contributed by atoms with Gasteiger partial charge in [-0.1, -0.05) is 18.2 Å². The average molecular weight is 284 g/mol. The van der Waals surface area contributed by atoms with Gasteiger partial charge in [-0.05, 0) is 36.4 Å². The van der Waals surface area contributed by atoms with E-state index in [-0.39, 0.29) is 5.91 Å². The van der Waals surface area contributed by atoms with Gasteiger partial charge in [-0.15, -0.1) is 11.3 Å². The normalized spacial score (nSPS) is 18.0. The Hall–Kier alpha value is -1.81. The molecule has 0 atom stereocenters. The number of hydrogen-bond acceptors (Lipinski definition) is 3. The number of hydrogen-bond donors (Lipinski definition) is 0. The minimum atomic E-state index is 0.128. The van der Waals surface area contributed by atoms with Gasteiger partial charge in [0, 0.05) is 19.1 Å².